The molecular weight excluding hydrogens is 212 g/mol. The van der Waals surface area contributed by atoms with Gasteiger partial charge < -0.3 is 9.84 Å². The van der Waals surface area contributed by atoms with Gasteiger partial charge in [0, 0.05) is 6.61 Å². The second kappa shape index (κ2) is 4.74. The van der Waals surface area contributed by atoms with Gasteiger partial charge in [-0.2, -0.15) is 0 Å². The van der Waals surface area contributed by atoms with Crippen LogP contribution in [0.1, 0.15) is 38.5 Å². The smallest absolute Gasteiger partial charge is 0.319 e. The van der Waals surface area contributed by atoms with Crippen molar-refractivity contribution >= 4 is 17.7 Å². The van der Waals surface area contributed by atoms with E-state index in [2.05, 4.69) is 0 Å². The molecule has 2 fully saturated rings. The van der Waals surface area contributed by atoms with Gasteiger partial charge in [0.1, 0.15) is 4.75 Å². The minimum atomic E-state index is -0.640. The summed E-state index contributed by atoms with van der Waals surface area (Å²) in [6.45, 7) is 0.811. The first-order valence-electron chi connectivity index (χ1n) is 5.72. The van der Waals surface area contributed by atoms with Crippen LogP contribution in [0.3, 0.4) is 0 Å². The molecule has 0 aromatic heterocycles. The van der Waals surface area contributed by atoms with Crippen molar-refractivity contribution < 1.29 is 14.6 Å². The molecule has 0 amide bonds. The molecule has 3 nitrogen and oxygen atoms in total. The van der Waals surface area contributed by atoms with Crippen molar-refractivity contribution in [2.24, 2.45) is 0 Å². The highest BCUT2D eigenvalue weighted by Gasteiger charge is 2.44. The van der Waals surface area contributed by atoms with Crippen LogP contribution in [0.4, 0.5) is 0 Å². The average Bonchev–Trinajstić information content (AvgIpc) is 2.69. The largest absolute Gasteiger partial charge is 0.480 e. The molecule has 4 heteroatoms. The van der Waals surface area contributed by atoms with Gasteiger partial charge in [0.25, 0.3) is 0 Å². The first-order valence-corrected chi connectivity index (χ1v) is 6.70. The second-order valence-corrected chi connectivity index (χ2v) is 5.92. The van der Waals surface area contributed by atoms with Crippen LogP contribution in [-0.4, -0.2) is 34.3 Å². The SMILES string of the molecule is O=C(O)C1(CC2CCCCO2)CCCS1. The molecule has 86 valence electrons. The van der Waals surface area contributed by atoms with E-state index in [-0.39, 0.29) is 6.10 Å². The van der Waals surface area contributed by atoms with E-state index in [4.69, 9.17) is 4.74 Å². The summed E-state index contributed by atoms with van der Waals surface area (Å²) in [7, 11) is 0. The number of carboxylic acids is 1. The summed E-state index contributed by atoms with van der Waals surface area (Å²) in [5, 5.41) is 9.32. The summed E-state index contributed by atoms with van der Waals surface area (Å²) < 4.78 is 5.10. The summed E-state index contributed by atoms with van der Waals surface area (Å²) in [6, 6.07) is 0. The summed E-state index contributed by atoms with van der Waals surface area (Å²) in [6.07, 6.45) is 6.08. The molecule has 2 aliphatic heterocycles. The molecule has 0 bridgehead atoms. The first-order chi connectivity index (χ1) is 7.23. The van der Waals surface area contributed by atoms with Crippen LogP contribution in [-0.2, 0) is 9.53 Å². The molecule has 2 unspecified atom stereocenters. The lowest BCUT2D eigenvalue weighted by molar-refractivity contribution is -0.141. The number of hydrogen-bond donors (Lipinski definition) is 1. The zero-order valence-electron chi connectivity index (χ0n) is 8.91. The molecule has 0 saturated carbocycles. The lowest BCUT2D eigenvalue weighted by Gasteiger charge is -2.30. The van der Waals surface area contributed by atoms with E-state index >= 15 is 0 Å². The molecule has 15 heavy (non-hydrogen) atoms. The highest BCUT2D eigenvalue weighted by molar-refractivity contribution is 8.01. The number of ether oxygens (including phenoxy) is 1. The van der Waals surface area contributed by atoms with Gasteiger partial charge in [0.05, 0.1) is 6.10 Å². The number of carboxylic acid groups (broad SMARTS) is 1. The Labute approximate surface area is 94.6 Å². The van der Waals surface area contributed by atoms with Gasteiger partial charge in [-0.3, -0.25) is 4.79 Å². The fraction of sp³-hybridized carbons (Fsp3) is 0.909. The number of hydrogen-bond acceptors (Lipinski definition) is 3. The standard InChI is InChI=1S/C11H18O3S/c12-10(13)11(5-3-7-15-11)8-9-4-1-2-6-14-9/h9H,1-8H2,(H,12,13). The first kappa shape index (κ1) is 11.3. The molecule has 1 N–H and O–H groups in total. The maximum atomic E-state index is 11.3. The summed E-state index contributed by atoms with van der Waals surface area (Å²) >= 11 is 1.61. The lowest BCUT2D eigenvalue weighted by Crippen LogP contribution is -2.38. The molecule has 2 aliphatic rings. The Morgan fingerprint density at radius 3 is 2.87 bits per heavy atom. The van der Waals surface area contributed by atoms with Gasteiger partial charge in [-0.25, -0.2) is 0 Å². The van der Waals surface area contributed by atoms with Crippen LogP contribution in [0, 0.1) is 0 Å². The topological polar surface area (TPSA) is 46.5 Å². The zero-order chi connectivity index (χ0) is 10.7. The van der Waals surface area contributed by atoms with Crippen molar-refractivity contribution in [3.05, 3.63) is 0 Å². The van der Waals surface area contributed by atoms with E-state index in [1.165, 1.54) is 6.42 Å². The van der Waals surface area contributed by atoms with Gasteiger partial charge in [-0.15, -0.1) is 11.8 Å². The summed E-state index contributed by atoms with van der Waals surface area (Å²) in [4.78, 5) is 11.3. The summed E-state index contributed by atoms with van der Waals surface area (Å²) in [5.41, 5.74) is 0. The minimum absolute atomic E-state index is 0.181. The Morgan fingerprint density at radius 2 is 2.33 bits per heavy atom. The maximum Gasteiger partial charge on any atom is 0.319 e. The average molecular weight is 230 g/mol. The third-order valence-corrected chi connectivity index (χ3v) is 4.92. The number of aliphatic carboxylic acids is 1. The molecule has 2 atom stereocenters. The minimum Gasteiger partial charge on any atom is -0.480 e. The van der Waals surface area contributed by atoms with Crippen LogP contribution in [0.2, 0.25) is 0 Å². The monoisotopic (exact) mass is 230 g/mol. The Morgan fingerprint density at radius 1 is 1.47 bits per heavy atom. The number of carbonyl (C=O) groups is 1. The van der Waals surface area contributed by atoms with E-state index in [9.17, 15) is 9.90 Å². The molecule has 0 aliphatic carbocycles. The van der Waals surface area contributed by atoms with E-state index < -0.39 is 10.7 Å². The highest BCUT2D eigenvalue weighted by atomic mass is 32.2. The zero-order valence-corrected chi connectivity index (χ0v) is 9.72. The number of thioether (sulfide) groups is 1. The Hall–Kier alpha value is -0.220. The molecule has 2 saturated heterocycles. The Kier molecular flexibility index (Phi) is 3.57. The normalized spacial score (nSPS) is 36.7. The van der Waals surface area contributed by atoms with Crippen LogP contribution in [0.5, 0.6) is 0 Å². The highest BCUT2D eigenvalue weighted by Crippen LogP contribution is 2.43. The van der Waals surface area contributed by atoms with Crippen molar-refractivity contribution in [2.75, 3.05) is 12.4 Å². The fourth-order valence-electron chi connectivity index (χ4n) is 2.45. The van der Waals surface area contributed by atoms with Crippen molar-refractivity contribution in [2.45, 2.75) is 49.4 Å². The molecule has 0 spiro atoms. The Balaban J connectivity index is 1.96. The van der Waals surface area contributed by atoms with E-state index in [1.807, 2.05) is 0 Å². The predicted octanol–water partition coefficient (Wildman–Crippen LogP) is 2.30. The van der Waals surface area contributed by atoms with Gasteiger partial charge in [0.2, 0.25) is 0 Å². The second-order valence-electron chi connectivity index (χ2n) is 4.44. The predicted molar refractivity (Wildman–Crippen MR) is 60.3 cm³/mol. The van der Waals surface area contributed by atoms with Gasteiger partial charge in [-0.05, 0) is 44.3 Å². The molecule has 0 aromatic rings. The van der Waals surface area contributed by atoms with Crippen molar-refractivity contribution in [1.82, 2.24) is 0 Å². The van der Waals surface area contributed by atoms with Crippen molar-refractivity contribution in [3.63, 3.8) is 0 Å². The van der Waals surface area contributed by atoms with E-state index in [0.29, 0.717) is 6.42 Å². The molecular formula is C11H18O3S. The van der Waals surface area contributed by atoms with Crippen LogP contribution < -0.4 is 0 Å². The quantitative estimate of drug-likeness (QED) is 0.808. The van der Waals surface area contributed by atoms with Crippen molar-refractivity contribution in [1.29, 1.82) is 0 Å². The molecule has 2 rings (SSSR count). The van der Waals surface area contributed by atoms with Crippen molar-refractivity contribution in [3.8, 4) is 0 Å². The number of rotatable bonds is 3. The van der Waals surface area contributed by atoms with E-state index in [1.54, 1.807) is 11.8 Å². The van der Waals surface area contributed by atoms with Crippen LogP contribution >= 0.6 is 11.8 Å². The third-order valence-electron chi connectivity index (χ3n) is 3.32. The van der Waals surface area contributed by atoms with E-state index in [0.717, 1.165) is 38.0 Å². The molecule has 0 aromatic carbocycles. The van der Waals surface area contributed by atoms with Crippen LogP contribution in [0.25, 0.3) is 0 Å². The summed E-state index contributed by atoms with van der Waals surface area (Å²) in [5.74, 6) is 0.345. The Bertz CT molecular complexity index is 230. The van der Waals surface area contributed by atoms with Gasteiger partial charge in [-0.1, -0.05) is 0 Å². The molecule has 2 heterocycles. The van der Waals surface area contributed by atoms with Gasteiger partial charge in [0.15, 0.2) is 0 Å². The van der Waals surface area contributed by atoms with Gasteiger partial charge >= 0.3 is 5.97 Å². The lowest BCUT2D eigenvalue weighted by atomic mass is 9.93. The maximum absolute atomic E-state index is 11.3. The third kappa shape index (κ3) is 2.48. The fourth-order valence-corrected chi connectivity index (χ4v) is 3.85. The van der Waals surface area contributed by atoms with Crippen LogP contribution in [0.15, 0.2) is 0 Å². The molecule has 0 radical (unpaired) electrons.